The van der Waals surface area contributed by atoms with Crippen LogP contribution in [0.15, 0.2) is 35.4 Å². The lowest BCUT2D eigenvalue weighted by Crippen LogP contribution is -2.14. The summed E-state index contributed by atoms with van der Waals surface area (Å²) in [7, 11) is 0. The number of benzene rings is 1. The summed E-state index contributed by atoms with van der Waals surface area (Å²) in [5.74, 6) is -1.39. The van der Waals surface area contributed by atoms with E-state index in [0.717, 1.165) is 4.90 Å². The molecule has 0 aliphatic heterocycles. The Morgan fingerprint density at radius 2 is 2.00 bits per heavy atom. The van der Waals surface area contributed by atoms with E-state index in [2.05, 4.69) is 10.3 Å². The summed E-state index contributed by atoms with van der Waals surface area (Å²) in [6.45, 7) is 1.65. The van der Waals surface area contributed by atoms with Gasteiger partial charge in [0.2, 0.25) is 0 Å². The van der Waals surface area contributed by atoms with E-state index in [1.165, 1.54) is 18.0 Å². The van der Waals surface area contributed by atoms with E-state index in [1.807, 2.05) is 18.4 Å². The summed E-state index contributed by atoms with van der Waals surface area (Å²) in [5.41, 5.74) is 1.39. The molecule has 104 valence electrons. The number of nitrogens with one attached hydrogen (secondary N) is 2. The van der Waals surface area contributed by atoms with E-state index in [-0.39, 0.29) is 17.2 Å². The summed E-state index contributed by atoms with van der Waals surface area (Å²) in [4.78, 5) is 27.1. The first-order chi connectivity index (χ1) is 9.54. The highest BCUT2D eigenvalue weighted by molar-refractivity contribution is 7.98. The summed E-state index contributed by atoms with van der Waals surface area (Å²) in [5, 5.41) is 11.8. The summed E-state index contributed by atoms with van der Waals surface area (Å²) in [6, 6.07) is 7.18. The lowest BCUT2D eigenvalue weighted by Gasteiger charge is -2.08. The lowest BCUT2D eigenvalue weighted by molar-refractivity contribution is 0.0697. The number of aromatic carboxylic acids is 1. The number of carboxylic acid groups (broad SMARTS) is 1. The van der Waals surface area contributed by atoms with Gasteiger partial charge in [-0.15, -0.1) is 11.8 Å². The molecule has 0 aliphatic carbocycles. The molecule has 1 aromatic carbocycles. The number of aromatic nitrogens is 1. The van der Waals surface area contributed by atoms with Crippen LogP contribution in [0.2, 0.25) is 0 Å². The maximum atomic E-state index is 12.2. The molecule has 0 atom stereocenters. The van der Waals surface area contributed by atoms with Crippen LogP contribution in [-0.4, -0.2) is 28.2 Å². The molecule has 2 aromatic rings. The first-order valence-corrected chi connectivity index (χ1v) is 7.12. The predicted molar refractivity (Wildman–Crippen MR) is 78.7 cm³/mol. The van der Waals surface area contributed by atoms with Crippen molar-refractivity contribution in [1.82, 2.24) is 4.98 Å². The summed E-state index contributed by atoms with van der Waals surface area (Å²) >= 11 is 1.47. The first kappa shape index (κ1) is 14.2. The Morgan fingerprint density at radius 1 is 1.30 bits per heavy atom. The summed E-state index contributed by atoms with van der Waals surface area (Å²) in [6.07, 6.45) is 3.37. The number of carboxylic acids is 1. The van der Waals surface area contributed by atoms with Crippen molar-refractivity contribution in [3.05, 3.63) is 47.3 Å². The molecule has 5 nitrogen and oxygen atoms in total. The molecule has 3 N–H and O–H groups in total. The molecule has 6 heteroatoms. The van der Waals surface area contributed by atoms with Gasteiger partial charge in [0, 0.05) is 16.8 Å². The van der Waals surface area contributed by atoms with Crippen molar-refractivity contribution < 1.29 is 14.7 Å². The normalized spacial score (nSPS) is 10.3. The van der Waals surface area contributed by atoms with Gasteiger partial charge >= 0.3 is 5.97 Å². The van der Waals surface area contributed by atoms with Crippen LogP contribution in [0.4, 0.5) is 5.69 Å². The topological polar surface area (TPSA) is 82.2 Å². The third kappa shape index (κ3) is 2.70. The molecule has 2 rings (SSSR count). The van der Waals surface area contributed by atoms with Crippen molar-refractivity contribution in [2.75, 3.05) is 11.6 Å². The average Bonchev–Trinajstić information content (AvgIpc) is 2.79. The van der Waals surface area contributed by atoms with Gasteiger partial charge in [0.05, 0.1) is 11.3 Å². The molecule has 1 aromatic heterocycles. The molecule has 0 fully saturated rings. The maximum absolute atomic E-state index is 12.2. The van der Waals surface area contributed by atoms with Crippen LogP contribution < -0.4 is 5.32 Å². The summed E-state index contributed by atoms with van der Waals surface area (Å²) < 4.78 is 0. The van der Waals surface area contributed by atoms with Crippen molar-refractivity contribution in [1.29, 1.82) is 0 Å². The predicted octanol–water partition coefficient (Wildman–Crippen LogP) is 3.00. The zero-order valence-electron chi connectivity index (χ0n) is 11.1. The van der Waals surface area contributed by atoms with E-state index in [9.17, 15) is 9.59 Å². The molecule has 0 spiro atoms. The number of carbonyl (C=O) groups excluding carboxylic acids is 1. The fourth-order valence-electron chi connectivity index (χ4n) is 1.92. The zero-order chi connectivity index (χ0) is 14.7. The number of amides is 1. The molecule has 1 heterocycles. The van der Waals surface area contributed by atoms with Crippen LogP contribution in [0.3, 0.4) is 0 Å². The van der Waals surface area contributed by atoms with Crippen molar-refractivity contribution >= 4 is 29.3 Å². The standard InChI is InChI=1S/C14H14N2O3S/c1-8-12(14(18)19)10(7-15-8)16-13(17)9-5-3-4-6-11(9)20-2/h3-7,15H,1-2H3,(H,16,17)(H,18,19). The van der Waals surface area contributed by atoms with Gasteiger partial charge in [0.15, 0.2) is 0 Å². The third-order valence-electron chi connectivity index (χ3n) is 2.89. The van der Waals surface area contributed by atoms with E-state index in [4.69, 9.17) is 5.11 Å². The highest BCUT2D eigenvalue weighted by atomic mass is 32.2. The second-order valence-corrected chi connectivity index (χ2v) is 5.01. The molecule has 0 radical (unpaired) electrons. The van der Waals surface area contributed by atoms with E-state index < -0.39 is 5.97 Å². The van der Waals surface area contributed by atoms with Crippen LogP contribution in [0.25, 0.3) is 0 Å². The van der Waals surface area contributed by atoms with Crippen molar-refractivity contribution in [3.8, 4) is 0 Å². The van der Waals surface area contributed by atoms with Gasteiger partial charge in [-0.3, -0.25) is 4.79 Å². The Labute approximate surface area is 120 Å². The van der Waals surface area contributed by atoms with Crippen molar-refractivity contribution in [2.45, 2.75) is 11.8 Å². The minimum absolute atomic E-state index is 0.0833. The zero-order valence-corrected chi connectivity index (χ0v) is 11.9. The number of rotatable bonds is 4. The maximum Gasteiger partial charge on any atom is 0.339 e. The minimum atomic E-state index is -1.07. The van der Waals surface area contributed by atoms with Crippen LogP contribution in [0.1, 0.15) is 26.4 Å². The fourth-order valence-corrected chi connectivity index (χ4v) is 2.52. The smallest absolute Gasteiger partial charge is 0.339 e. The molecular formula is C14H14N2O3S. The Hall–Kier alpha value is -2.21. The molecule has 1 amide bonds. The van der Waals surface area contributed by atoms with Crippen LogP contribution in [0, 0.1) is 6.92 Å². The van der Waals surface area contributed by atoms with Gasteiger partial charge in [-0.2, -0.15) is 0 Å². The lowest BCUT2D eigenvalue weighted by atomic mass is 10.2. The SMILES string of the molecule is CSc1ccccc1C(=O)Nc1c[nH]c(C)c1C(=O)O. The minimum Gasteiger partial charge on any atom is -0.478 e. The third-order valence-corrected chi connectivity index (χ3v) is 3.69. The molecule has 0 unspecified atom stereocenters. The Bertz CT molecular complexity index is 664. The van der Waals surface area contributed by atoms with E-state index >= 15 is 0 Å². The Balaban J connectivity index is 2.31. The quantitative estimate of drug-likeness (QED) is 0.756. The molecule has 0 aliphatic rings. The number of H-pyrrole nitrogens is 1. The molecule has 0 saturated carbocycles. The van der Waals surface area contributed by atoms with Crippen LogP contribution in [-0.2, 0) is 0 Å². The number of hydrogen-bond acceptors (Lipinski definition) is 3. The highest BCUT2D eigenvalue weighted by Gasteiger charge is 2.18. The van der Waals surface area contributed by atoms with Gasteiger partial charge < -0.3 is 15.4 Å². The Morgan fingerprint density at radius 3 is 2.65 bits per heavy atom. The number of hydrogen-bond donors (Lipinski definition) is 3. The van der Waals surface area contributed by atoms with E-state index in [0.29, 0.717) is 11.3 Å². The van der Waals surface area contributed by atoms with Gasteiger partial charge in [-0.1, -0.05) is 12.1 Å². The molecule has 0 bridgehead atoms. The van der Waals surface area contributed by atoms with Crippen molar-refractivity contribution in [2.24, 2.45) is 0 Å². The van der Waals surface area contributed by atoms with Gasteiger partial charge in [0.25, 0.3) is 5.91 Å². The fraction of sp³-hybridized carbons (Fsp3) is 0.143. The second kappa shape index (κ2) is 5.83. The number of carbonyl (C=O) groups is 2. The van der Waals surface area contributed by atoms with Gasteiger partial charge in [-0.25, -0.2) is 4.79 Å². The number of aryl methyl sites for hydroxylation is 1. The Kier molecular flexibility index (Phi) is 4.14. The molecule has 0 saturated heterocycles. The molecule has 20 heavy (non-hydrogen) atoms. The van der Waals surface area contributed by atoms with Crippen LogP contribution in [0.5, 0.6) is 0 Å². The van der Waals surface area contributed by atoms with Gasteiger partial charge in [0.1, 0.15) is 5.56 Å². The number of anilines is 1. The highest BCUT2D eigenvalue weighted by Crippen LogP contribution is 2.23. The van der Waals surface area contributed by atoms with Crippen molar-refractivity contribution in [3.63, 3.8) is 0 Å². The molecular weight excluding hydrogens is 276 g/mol. The van der Waals surface area contributed by atoms with Crippen LogP contribution >= 0.6 is 11.8 Å². The average molecular weight is 290 g/mol. The second-order valence-electron chi connectivity index (χ2n) is 4.16. The monoisotopic (exact) mass is 290 g/mol. The number of thioether (sulfide) groups is 1. The number of aromatic amines is 1. The largest absolute Gasteiger partial charge is 0.478 e. The van der Waals surface area contributed by atoms with Gasteiger partial charge in [-0.05, 0) is 25.3 Å². The van der Waals surface area contributed by atoms with E-state index in [1.54, 1.807) is 19.1 Å². The first-order valence-electron chi connectivity index (χ1n) is 5.90.